The van der Waals surface area contributed by atoms with Gasteiger partial charge in [-0.25, -0.2) is 4.68 Å². The molecule has 1 aromatic heterocycles. The normalized spacial score (nSPS) is 16.9. The molecule has 1 aliphatic heterocycles. The molecule has 7 nitrogen and oxygen atoms in total. The van der Waals surface area contributed by atoms with E-state index in [0.29, 0.717) is 25.5 Å². The van der Waals surface area contributed by atoms with E-state index < -0.39 is 5.60 Å². The van der Waals surface area contributed by atoms with Crippen molar-refractivity contribution in [3.63, 3.8) is 0 Å². The number of methoxy groups -OCH3 is 1. The van der Waals surface area contributed by atoms with E-state index in [4.69, 9.17) is 4.74 Å². The largest absolute Gasteiger partial charge is 0.497 e. The first kappa shape index (κ1) is 12.1. The molecule has 0 saturated carbocycles. The Bertz CT molecular complexity index is 562. The maximum absolute atomic E-state index is 10.3. The number of aromatic nitrogens is 4. The summed E-state index contributed by atoms with van der Waals surface area (Å²) in [5, 5.41) is 24.8. The van der Waals surface area contributed by atoms with Crippen molar-refractivity contribution in [1.82, 2.24) is 25.5 Å². The first-order valence-electron chi connectivity index (χ1n) is 6.04. The third kappa shape index (κ3) is 2.18. The van der Waals surface area contributed by atoms with Crippen LogP contribution in [0.25, 0.3) is 0 Å². The Kier molecular flexibility index (Phi) is 2.92. The Hall–Kier alpha value is -1.99. The summed E-state index contributed by atoms with van der Waals surface area (Å²) in [5.41, 5.74) is 0.0981. The number of ether oxygens (including phenoxy) is 1. The second-order valence-electron chi connectivity index (χ2n) is 4.64. The molecule has 2 aromatic rings. The molecule has 0 unspecified atom stereocenters. The van der Waals surface area contributed by atoms with Gasteiger partial charge in [-0.05, 0) is 28.1 Å². The second kappa shape index (κ2) is 4.60. The molecule has 3 rings (SSSR count). The van der Waals surface area contributed by atoms with E-state index in [9.17, 15) is 5.11 Å². The molecule has 0 spiro atoms. The SMILES string of the molecule is COc1ccc(Cn2nnnc2C2(O)CNC2)cc1. The molecule has 0 bridgehead atoms. The first-order valence-corrected chi connectivity index (χ1v) is 6.04. The predicted molar refractivity (Wildman–Crippen MR) is 66.7 cm³/mol. The fraction of sp³-hybridized carbons (Fsp3) is 0.417. The van der Waals surface area contributed by atoms with Crippen LogP contribution in [0.2, 0.25) is 0 Å². The number of nitrogens with zero attached hydrogens (tertiary/aromatic N) is 4. The van der Waals surface area contributed by atoms with Gasteiger partial charge in [0, 0.05) is 13.1 Å². The summed E-state index contributed by atoms with van der Waals surface area (Å²) in [6.07, 6.45) is 0. The van der Waals surface area contributed by atoms with E-state index >= 15 is 0 Å². The Morgan fingerprint density at radius 3 is 2.68 bits per heavy atom. The van der Waals surface area contributed by atoms with Crippen LogP contribution in [-0.2, 0) is 12.1 Å². The molecule has 2 N–H and O–H groups in total. The van der Waals surface area contributed by atoms with Crippen LogP contribution in [0.15, 0.2) is 24.3 Å². The van der Waals surface area contributed by atoms with Crippen molar-refractivity contribution < 1.29 is 9.84 Å². The van der Waals surface area contributed by atoms with E-state index in [0.717, 1.165) is 11.3 Å². The van der Waals surface area contributed by atoms with Gasteiger partial charge in [-0.1, -0.05) is 12.1 Å². The average Bonchev–Trinajstić information content (AvgIpc) is 2.85. The Morgan fingerprint density at radius 1 is 1.37 bits per heavy atom. The molecule has 0 atom stereocenters. The van der Waals surface area contributed by atoms with Gasteiger partial charge in [0.1, 0.15) is 5.75 Å². The molecule has 1 aromatic carbocycles. The van der Waals surface area contributed by atoms with Crippen LogP contribution in [0, 0.1) is 0 Å². The summed E-state index contributed by atoms with van der Waals surface area (Å²) in [6, 6.07) is 7.68. The van der Waals surface area contributed by atoms with Crippen LogP contribution in [0.4, 0.5) is 0 Å². The fourth-order valence-corrected chi connectivity index (χ4v) is 2.07. The third-order valence-corrected chi connectivity index (χ3v) is 3.27. The van der Waals surface area contributed by atoms with Gasteiger partial charge in [0.05, 0.1) is 13.7 Å². The van der Waals surface area contributed by atoms with Crippen molar-refractivity contribution in [2.24, 2.45) is 0 Å². The van der Waals surface area contributed by atoms with Crippen molar-refractivity contribution in [3.05, 3.63) is 35.7 Å². The fourth-order valence-electron chi connectivity index (χ4n) is 2.07. The zero-order valence-corrected chi connectivity index (χ0v) is 10.6. The van der Waals surface area contributed by atoms with Gasteiger partial charge in [-0.2, -0.15) is 0 Å². The van der Waals surface area contributed by atoms with Crippen LogP contribution in [0.3, 0.4) is 0 Å². The van der Waals surface area contributed by atoms with E-state index in [1.165, 1.54) is 0 Å². The molecule has 1 saturated heterocycles. The molecule has 0 radical (unpaired) electrons. The lowest BCUT2D eigenvalue weighted by Crippen LogP contribution is -2.58. The van der Waals surface area contributed by atoms with Crippen molar-refractivity contribution in [3.8, 4) is 5.75 Å². The number of nitrogens with one attached hydrogen (secondary N) is 1. The van der Waals surface area contributed by atoms with Crippen LogP contribution in [0.5, 0.6) is 5.75 Å². The Labute approximate surface area is 110 Å². The lowest BCUT2D eigenvalue weighted by Gasteiger charge is -2.35. The molecule has 100 valence electrons. The lowest BCUT2D eigenvalue weighted by molar-refractivity contribution is -0.0264. The minimum atomic E-state index is -0.948. The minimum Gasteiger partial charge on any atom is -0.497 e. The molecule has 19 heavy (non-hydrogen) atoms. The highest BCUT2D eigenvalue weighted by Crippen LogP contribution is 2.23. The smallest absolute Gasteiger partial charge is 0.186 e. The molecular formula is C12H15N5O2. The van der Waals surface area contributed by atoms with E-state index in [1.807, 2.05) is 24.3 Å². The van der Waals surface area contributed by atoms with Crippen LogP contribution in [-0.4, -0.2) is 45.5 Å². The van der Waals surface area contributed by atoms with Crippen molar-refractivity contribution in [1.29, 1.82) is 0 Å². The van der Waals surface area contributed by atoms with Gasteiger partial charge in [0.2, 0.25) is 0 Å². The van der Waals surface area contributed by atoms with Crippen LogP contribution < -0.4 is 10.1 Å². The average molecular weight is 261 g/mol. The molecule has 0 aliphatic carbocycles. The lowest BCUT2D eigenvalue weighted by atomic mass is 9.96. The highest BCUT2D eigenvalue weighted by molar-refractivity contribution is 5.27. The van der Waals surface area contributed by atoms with E-state index in [-0.39, 0.29) is 0 Å². The standard InChI is InChI=1S/C12H15N5O2/c1-19-10-4-2-9(3-5-10)6-17-11(14-15-16-17)12(18)7-13-8-12/h2-5,13,18H,6-8H2,1H3. The Morgan fingerprint density at radius 2 is 2.11 bits per heavy atom. The minimum absolute atomic E-state index is 0.482. The zero-order valence-electron chi connectivity index (χ0n) is 10.6. The van der Waals surface area contributed by atoms with Crippen molar-refractivity contribution in [2.45, 2.75) is 12.1 Å². The quantitative estimate of drug-likeness (QED) is 0.773. The van der Waals surface area contributed by atoms with Crippen molar-refractivity contribution in [2.75, 3.05) is 20.2 Å². The van der Waals surface area contributed by atoms with Gasteiger partial charge >= 0.3 is 0 Å². The van der Waals surface area contributed by atoms with Gasteiger partial charge in [0.25, 0.3) is 0 Å². The number of β-amino-alcohol motifs (C(OH)–C–C–N with tert-alkyl or cyclic N) is 1. The highest BCUT2D eigenvalue weighted by Gasteiger charge is 2.41. The number of benzene rings is 1. The highest BCUT2D eigenvalue weighted by atomic mass is 16.5. The van der Waals surface area contributed by atoms with Gasteiger partial charge < -0.3 is 15.2 Å². The maximum atomic E-state index is 10.3. The third-order valence-electron chi connectivity index (χ3n) is 3.27. The van der Waals surface area contributed by atoms with E-state index in [1.54, 1.807) is 11.8 Å². The van der Waals surface area contributed by atoms with Crippen LogP contribution >= 0.6 is 0 Å². The predicted octanol–water partition coefficient (Wildman–Crippen LogP) is -0.479. The van der Waals surface area contributed by atoms with Gasteiger partial charge in [0.15, 0.2) is 11.4 Å². The zero-order chi connectivity index (χ0) is 13.3. The maximum Gasteiger partial charge on any atom is 0.186 e. The number of tetrazole rings is 1. The first-order chi connectivity index (χ1) is 9.21. The summed E-state index contributed by atoms with van der Waals surface area (Å²) in [4.78, 5) is 0. The number of rotatable bonds is 4. The van der Waals surface area contributed by atoms with Gasteiger partial charge in [-0.15, -0.1) is 5.10 Å². The summed E-state index contributed by atoms with van der Waals surface area (Å²) in [6.45, 7) is 1.49. The molecule has 1 fully saturated rings. The van der Waals surface area contributed by atoms with Crippen molar-refractivity contribution >= 4 is 0 Å². The van der Waals surface area contributed by atoms with Crippen LogP contribution in [0.1, 0.15) is 11.4 Å². The summed E-state index contributed by atoms with van der Waals surface area (Å²) < 4.78 is 6.74. The number of hydrogen-bond donors (Lipinski definition) is 2. The second-order valence-corrected chi connectivity index (χ2v) is 4.64. The summed E-state index contributed by atoms with van der Waals surface area (Å²) in [7, 11) is 1.63. The number of aliphatic hydroxyl groups is 1. The van der Waals surface area contributed by atoms with Gasteiger partial charge in [-0.3, -0.25) is 0 Å². The van der Waals surface area contributed by atoms with E-state index in [2.05, 4.69) is 20.8 Å². The summed E-state index contributed by atoms with van der Waals surface area (Å²) >= 11 is 0. The number of hydrogen-bond acceptors (Lipinski definition) is 6. The molecule has 7 heteroatoms. The summed E-state index contributed by atoms with van der Waals surface area (Å²) in [5.74, 6) is 1.31. The molecular weight excluding hydrogens is 246 g/mol. The topological polar surface area (TPSA) is 85.1 Å². The molecule has 0 amide bonds. The Balaban J connectivity index is 1.81. The molecule has 1 aliphatic rings. The monoisotopic (exact) mass is 261 g/mol. The molecule has 2 heterocycles.